The van der Waals surface area contributed by atoms with Crippen molar-refractivity contribution in [1.82, 2.24) is 9.97 Å². The van der Waals surface area contributed by atoms with Crippen molar-refractivity contribution in [2.45, 2.75) is 0 Å². The molecule has 0 amide bonds. The maximum atomic E-state index is 10.7. The van der Waals surface area contributed by atoms with Crippen LogP contribution in [0, 0.1) is 12.3 Å². The Kier molecular flexibility index (Phi) is 1.76. The van der Waals surface area contributed by atoms with Crippen molar-refractivity contribution in [1.29, 1.82) is 0 Å². The molecular formula is C7H4N2O. The minimum atomic E-state index is -0.414. The molecule has 0 unspecified atom stereocenters. The minimum Gasteiger partial charge on any atom is -0.277 e. The lowest BCUT2D eigenvalue weighted by molar-refractivity contribution is 0.105. The van der Waals surface area contributed by atoms with Crippen molar-refractivity contribution in [2.75, 3.05) is 0 Å². The van der Waals surface area contributed by atoms with Crippen LogP contribution in [0.1, 0.15) is 10.5 Å². The second-order valence-corrected chi connectivity index (χ2v) is 1.57. The molecule has 1 rings (SSSR count). The number of nitrogens with zero attached hydrogens (tertiary/aromatic N) is 2. The summed E-state index contributed by atoms with van der Waals surface area (Å²) < 4.78 is 0. The second kappa shape index (κ2) is 2.74. The molecule has 0 aliphatic heterocycles. The number of hydrogen-bond donors (Lipinski definition) is 0. The number of carbonyl (C=O) groups is 1. The van der Waals surface area contributed by atoms with Gasteiger partial charge in [0.15, 0.2) is 0 Å². The van der Waals surface area contributed by atoms with E-state index in [1.165, 1.54) is 18.6 Å². The van der Waals surface area contributed by atoms with Gasteiger partial charge in [0.1, 0.15) is 12.0 Å². The average molecular weight is 132 g/mol. The van der Waals surface area contributed by atoms with Crippen molar-refractivity contribution in [3.63, 3.8) is 0 Å². The third-order valence-corrected chi connectivity index (χ3v) is 0.946. The largest absolute Gasteiger partial charge is 0.277 e. The summed E-state index contributed by atoms with van der Waals surface area (Å²) in [6, 6.07) is 1.47. The predicted octanol–water partition coefficient (Wildman–Crippen LogP) is 0.292. The SMILES string of the molecule is C#CC(=O)c1ccncn1. The van der Waals surface area contributed by atoms with E-state index in [0.717, 1.165) is 0 Å². The van der Waals surface area contributed by atoms with E-state index in [-0.39, 0.29) is 5.69 Å². The Morgan fingerprint density at radius 1 is 1.70 bits per heavy atom. The van der Waals surface area contributed by atoms with Crippen LogP contribution in [0.2, 0.25) is 0 Å². The van der Waals surface area contributed by atoms with E-state index in [1.54, 1.807) is 0 Å². The van der Waals surface area contributed by atoms with Crippen LogP contribution >= 0.6 is 0 Å². The summed E-state index contributed by atoms with van der Waals surface area (Å²) in [4.78, 5) is 18.0. The van der Waals surface area contributed by atoms with Gasteiger partial charge in [0.05, 0.1) is 0 Å². The standard InChI is InChI=1S/C7H4N2O/c1-2-7(10)6-3-4-8-5-9-6/h1,3-5H. The van der Waals surface area contributed by atoms with Crippen molar-refractivity contribution in [3.05, 3.63) is 24.3 Å². The van der Waals surface area contributed by atoms with E-state index in [1.807, 2.05) is 5.92 Å². The molecule has 10 heavy (non-hydrogen) atoms. The van der Waals surface area contributed by atoms with Gasteiger partial charge >= 0.3 is 0 Å². The second-order valence-electron chi connectivity index (χ2n) is 1.57. The third-order valence-electron chi connectivity index (χ3n) is 0.946. The normalized spacial score (nSPS) is 8.30. The molecule has 1 heterocycles. The summed E-state index contributed by atoms with van der Waals surface area (Å²) in [7, 11) is 0. The fourth-order valence-corrected chi connectivity index (χ4v) is 0.499. The molecule has 48 valence electrons. The van der Waals surface area contributed by atoms with Gasteiger partial charge in [-0.3, -0.25) is 4.79 Å². The molecule has 0 N–H and O–H groups in total. The Labute approximate surface area is 58.1 Å². The van der Waals surface area contributed by atoms with Crippen LogP contribution in [0.25, 0.3) is 0 Å². The van der Waals surface area contributed by atoms with Crippen LogP contribution < -0.4 is 0 Å². The van der Waals surface area contributed by atoms with Crippen LogP contribution in [0.5, 0.6) is 0 Å². The van der Waals surface area contributed by atoms with Crippen LogP contribution in [-0.2, 0) is 0 Å². The van der Waals surface area contributed by atoms with Gasteiger partial charge in [-0.05, 0) is 12.0 Å². The molecule has 3 heteroatoms. The van der Waals surface area contributed by atoms with Crippen molar-refractivity contribution in [2.24, 2.45) is 0 Å². The predicted molar refractivity (Wildman–Crippen MR) is 35.2 cm³/mol. The molecule has 0 aromatic carbocycles. The van der Waals surface area contributed by atoms with E-state index in [2.05, 4.69) is 9.97 Å². The van der Waals surface area contributed by atoms with Crippen LogP contribution in [-0.4, -0.2) is 15.8 Å². The number of hydrogen-bond acceptors (Lipinski definition) is 3. The molecular weight excluding hydrogens is 128 g/mol. The number of carbonyl (C=O) groups excluding carboxylic acids is 1. The maximum Gasteiger partial charge on any atom is 0.254 e. The van der Waals surface area contributed by atoms with E-state index >= 15 is 0 Å². The molecule has 0 spiro atoms. The van der Waals surface area contributed by atoms with E-state index in [4.69, 9.17) is 6.42 Å². The van der Waals surface area contributed by atoms with Gasteiger partial charge in [0, 0.05) is 6.20 Å². The summed E-state index contributed by atoms with van der Waals surface area (Å²) in [6.07, 6.45) is 7.60. The topological polar surface area (TPSA) is 42.9 Å². The Morgan fingerprint density at radius 2 is 2.50 bits per heavy atom. The fourth-order valence-electron chi connectivity index (χ4n) is 0.499. The highest BCUT2D eigenvalue weighted by Gasteiger charge is 1.99. The van der Waals surface area contributed by atoms with Crippen molar-refractivity contribution in [3.8, 4) is 12.3 Å². The Balaban J connectivity index is 2.99. The number of terminal acetylenes is 1. The highest BCUT2D eigenvalue weighted by molar-refractivity contribution is 6.07. The Morgan fingerprint density at radius 3 is 3.00 bits per heavy atom. The van der Waals surface area contributed by atoms with E-state index < -0.39 is 5.78 Å². The highest BCUT2D eigenvalue weighted by Crippen LogP contribution is 1.90. The summed E-state index contributed by atoms with van der Waals surface area (Å²) in [6.45, 7) is 0. The molecule has 0 aliphatic rings. The van der Waals surface area contributed by atoms with Gasteiger partial charge < -0.3 is 0 Å². The summed E-state index contributed by atoms with van der Waals surface area (Å²) in [5.41, 5.74) is 0.262. The van der Waals surface area contributed by atoms with Gasteiger partial charge in [0.25, 0.3) is 5.78 Å². The fraction of sp³-hybridized carbons (Fsp3) is 0. The Hall–Kier alpha value is -1.69. The summed E-state index contributed by atoms with van der Waals surface area (Å²) in [5, 5.41) is 0. The van der Waals surface area contributed by atoms with Gasteiger partial charge in [-0.25, -0.2) is 9.97 Å². The Bertz CT molecular complexity index is 273. The first-order valence-electron chi connectivity index (χ1n) is 2.61. The molecule has 0 aliphatic carbocycles. The van der Waals surface area contributed by atoms with Gasteiger partial charge in [0.2, 0.25) is 0 Å². The van der Waals surface area contributed by atoms with E-state index in [0.29, 0.717) is 0 Å². The number of ketones is 1. The minimum absolute atomic E-state index is 0.262. The molecule has 1 aromatic heterocycles. The number of aromatic nitrogens is 2. The first-order valence-corrected chi connectivity index (χ1v) is 2.61. The molecule has 3 nitrogen and oxygen atoms in total. The van der Waals surface area contributed by atoms with Crippen molar-refractivity contribution >= 4 is 5.78 Å². The molecule has 0 saturated heterocycles. The number of Topliss-reactive ketones (excluding diaryl/α,β-unsaturated/α-hetero) is 1. The first-order chi connectivity index (χ1) is 4.84. The summed E-state index contributed by atoms with van der Waals surface area (Å²) >= 11 is 0. The zero-order valence-electron chi connectivity index (χ0n) is 5.11. The molecule has 1 aromatic rings. The smallest absolute Gasteiger partial charge is 0.254 e. The molecule has 0 radical (unpaired) electrons. The lowest BCUT2D eigenvalue weighted by Crippen LogP contribution is -1.97. The summed E-state index contributed by atoms with van der Waals surface area (Å²) in [5.74, 6) is 1.54. The molecule has 0 fully saturated rings. The lowest BCUT2D eigenvalue weighted by Gasteiger charge is -1.87. The highest BCUT2D eigenvalue weighted by atomic mass is 16.1. The van der Waals surface area contributed by atoms with Crippen LogP contribution in [0.3, 0.4) is 0 Å². The van der Waals surface area contributed by atoms with Crippen molar-refractivity contribution < 1.29 is 4.79 Å². The lowest BCUT2D eigenvalue weighted by atomic mass is 10.3. The number of rotatable bonds is 1. The third kappa shape index (κ3) is 1.17. The molecule has 0 bridgehead atoms. The first kappa shape index (κ1) is 6.43. The molecule has 0 atom stereocenters. The maximum absolute atomic E-state index is 10.7. The zero-order valence-corrected chi connectivity index (χ0v) is 5.11. The van der Waals surface area contributed by atoms with Crippen LogP contribution in [0.4, 0.5) is 0 Å². The van der Waals surface area contributed by atoms with Crippen LogP contribution in [0.15, 0.2) is 18.6 Å². The molecule has 0 saturated carbocycles. The average Bonchev–Trinajstić information content (AvgIpc) is 2.05. The zero-order chi connectivity index (χ0) is 7.40. The van der Waals surface area contributed by atoms with Gasteiger partial charge in [-0.15, -0.1) is 6.42 Å². The van der Waals surface area contributed by atoms with Gasteiger partial charge in [-0.2, -0.15) is 0 Å². The monoisotopic (exact) mass is 132 g/mol. The van der Waals surface area contributed by atoms with Gasteiger partial charge in [-0.1, -0.05) is 0 Å². The quantitative estimate of drug-likeness (QED) is 0.313. The van der Waals surface area contributed by atoms with E-state index in [9.17, 15) is 4.79 Å².